The molecule has 2 aromatic carbocycles. The van der Waals surface area contributed by atoms with Crippen LogP contribution in [0.25, 0.3) is 0 Å². The van der Waals surface area contributed by atoms with E-state index in [1.165, 1.54) is 0 Å². The SMILES string of the molecule is C[C@@H]1Oc2ccccc2N(CCC(=O)Nc2cccc(Br)c2)C1=O. The third-order valence-electron chi connectivity index (χ3n) is 3.74. The number of para-hydroxylation sites is 2. The molecule has 0 saturated carbocycles. The van der Waals surface area contributed by atoms with Crippen molar-refractivity contribution in [3.05, 3.63) is 53.0 Å². The van der Waals surface area contributed by atoms with Gasteiger partial charge in [0, 0.05) is 23.1 Å². The van der Waals surface area contributed by atoms with Gasteiger partial charge >= 0.3 is 0 Å². The van der Waals surface area contributed by atoms with Crippen molar-refractivity contribution in [3.63, 3.8) is 0 Å². The van der Waals surface area contributed by atoms with Gasteiger partial charge in [-0.1, -0.05) is 34.1 Å². The molecule has 0 saturated heterocycles. The lowest BCUT2D eigenvalue weighted by Crippen LogP contribution is -2.45. The van der Waals surface area contributed by atoms with E-state index < -0.39 is 6.10 Å². The number of fused-ring (bicyclic) bond motifs is 1. The molecule has 24 heavy (non-hydrogen) atoms. The Labute approximate surface area is 148 Å². The Morgan fingerprint density at radius 2 is 2.04 bits per heavy atom. The van der Waals surface area contributed by atoms with E-state index in [1.54, 1.807) is 11.8 Å². The highest BCUT2D eigenvalue weighted by Gasteiger charge is 2.31. The number of carbonyl (C=O) groups is 2. The van der Waals surface area contributed by atoms with Gasteiger partial charge in [0.05, 0.1) is 5.69 Å². The lowest BCUT2D eigenvalue weighted by atomic mass is 10.1. The average Bonchev–Trinajstić information content (AvgIpc) is 2.55. The molecule has 1 heterocycles. The highest BCUT2D eigenvalue weighted by Crippen LogP contribution is 2.33. The van der Waals surface area contributed by atoms with Gasteiger partial charge < -0.3 is 15.0 Å². The summed E-state index contributed by atoms with van der Waals surface area (Å²) in [6, 6.07) is 14.7. The molecule has 0 unspecified atom stereocenters. The number of carbonyl (C=O) groups excluding carboxylic acids is 2. The Morgan fingerprint density at radius 1 is 1.25 bits per heavy atom. The zero-order valence-electron chi connectivity index (χ0n) is 13.2. The summed E-state index contributed by atoms with van der Waals surface area (Å²) in [6.07, 6.45) is -0.340. The Kier molecular flexibility index (Phi) is 4.85. The number of hydrogen-bond donors (Lipinski definition) is 1. The number of halogens is 1. The van der Waals surface area contributed by atoms with Gasteiger partial charge in [-0.05, 0) is 37.3 Å². The van der Waals surface area contributed by atoms with Gasteiger partial charge in [-0.25, -0.2) is 0 Å². The lowest BCUT2D eigenvalue weighted by molar-refractivity contribution is -0.125. The standard InChI is InChI=1S/C18H17BrN2O3/c1-12-18(23)21(15-7-2-3-8-16(15)24-12)10-9-17(22)20-14-6-4-5-13(19)11-14/h2-8,11-12H,9-10H2,1H3,(H,20,22)/t12-/m0/s1. The summed E-state index contributed by atoms with van der Waals surface area (Å²) in [7, 11) is 0. The molecule has 0 bridgehead atoms. The van der Waals surface area contributed by atoms with Crippen LogP contribution in [0.3, 0.4) is 0 Å². The van der Waals surface area contributed by atoms with Crippen LogP contribution >= 0.6 is 15.9 Å². The van der Waals surface area contributed by atoms with Gasteiger partial charge in [0.2, 0.25) is 5.91 Å². The third kappa shape index (κ3) is 3.59. The van der Waals surface area contributed by atoms with Crippen LogP contribution in [0.5, 0.6) is 5.75 Å². The minimum atomic E-state index is -0.548. The first-order chi connectivity index (χ1) is 11.5. The van der Waals surface area contributed by atoms with Gasteiger partial charge in [-0.15, -0.1) is 0 Å². The Bertz CT molecular complexity index is 778. The minimum Gasteiger partial charge on any atom is -0.479 e. The van der Waals surface area contributed by atoms with Crippen LogP contribution in [-0.4, -0.2) is 24.5 Å². The molecule has 1 N–H and O–H groups in total. The number of amides is 2. The normalized spacial score (nSPS) is 16.3. The summed E-state index contributed by atoms with van der Waals surface area (Å²) in [5.74, 6) is 0.387. The first-order valence-electron chi connectivity index (χ1n) is 7.67. The summed E-state index contributed by atoms with van der Waals surface area (Å²) >= 11 is 3.37. The van der Waals surface area contributed by atoms with Crippen LogP contribution in [-0.2, 0) is 9.59 Å². The first-order valence-corrected chi connectivity index (χ1v) is 8.46. The first kappa shape index (κ1) is 16.5. The van der Waals surface area contributed by atoms with E-state index >= 15 is 0 Å². The fraction of sp³-hybridized carbons (Fsp3) is 0.222. The molecule has 6 heteroatoms. The maximum Gasteiger partial charge on any atom is 0.267 e. The molecule has 124 valence electrons. The van der Waals surface area contributed by atoms with E-state index in [1.807, 2.05) is 48.5 Å². The molecule has 2 aromatic rings. The second-order valence-corrected chi connectivity index (χ2v) is 6.44. The predicted octanol–water partition coefficient (Wildman–Crippen LogP) is 3.59. The lowest BCUT2D eigenvalue weighted by Gasteiger charge is -2.32. The fourth-order valence-electron chi connectivity index (χ4n) is 2.59. The Balaban J connectivity index is 1.67. The maximum absolute atomic E-state index is 12.4. The second-order valence-electron chi connectivity index (χ2n) is 5.53. The van der Waals surface area contributed by atoms with Crippen molar-refractivity contribution < 1.29 is 14.3 Å². The fourth-order valence-corrected chi connectivity index (χ4v) is 2.99. The zero-order chi connectivity index (χ0) is 17.1. The van der Waals surface area contributed by atoms with Gasteiger partial charge in [-0.3, -0.25) is 9.59 Å². The molecular formula is C18H17BrN2O3. The molecule has 2 amide bonds. The van der Waals surface area contributed by atoms with Gasteiger partial charge in [0.25, 0.3) is 5.91 Å². The number of rotatable bonds is 4. The molecule has 5 nitrogen and oxygen atoms in total. The molecule has 0 aliphatic carbocycles. The maximum atomic E-state index is 12.4. The highest BCUT2D eigenvalue weighted by atomic mass is 79.9. The molecule has 1 aliphatic rings. The number of nitrogens with one attached hydrogen (secondary N) is 1. The van der Waals surface area contributed by atoms with Gasteiger partial charge in [0.15, 0.2) is 6.10 Å². The van der Waals surface area contributed by atoms with Crippen molar-refractivity contribution >= 4 is 39.1 Å². The number of nitrogens with zero attached hydrogens (tertiary/aromatic N) is 1. The van der Waals surface area contributed by atoms with Crippen LogP contribution in [0.4, 0.5) is 11.4 Å². The Morgan fingerprint density at radius 3 is 2.83 bits per heavy atom. The van der Waals surface area contributed by atoms with Crippen molar-refractivity contribution in [3.8, 4) is 5.75 Å². The van der Waals surface area contributed by atoms with Crippen molar-refractivity contribution in [2.45, 2.75) is 19.4 Å². The molecule has 1 aliphatic heterocycles. The van der Waals surface area contributed by atoms with E-state index in [2.05, 4.69) is 21.2 Å². The summed E-state index contributed by atoms with van der Waals surface area (Å²) < 4.78 is 6.49. The van der Waals surface area contributed by atoms with Gasteiger partial charge in [0.1, 0.15) is 5.75 Å². The topological polar surface area (TPSA) is 58.6 Å². The second kappa shape index (κ2) is 7.05. The minimum absolute atomic E-state index is 0.135. The van der Waals surface area contributed by atoms with Gasteiger partial charge in [-0.2, -0.15) is 0 Å². The summed E-state index contributed by atoms with van der Waals surface area (Å²) in [4.78, 5) is 26.2. The van der Waals surface area contributed by atoms with Crippen molar-refractivity contribution in [1.29, 1.82) is 0 Å². The van der Waals surface area contributed by atoms with Crippen molar-refractivity contribution in [1.82, 2.24) is 0 Å². The summed E-state index contributed by atoms with van der Waals surface area (Å²) in [5, 5.41) is 2.83. The predicted molar refractivity (Wildman–Crippen MR) is 96.3 cm³/mol. The van der Waals surface area contributed by atoms with E-state index in [0.29, 0.717) is 18.0 Å². The average molecular weight is 389 g/mol. The molecule has 0 aromatic heterocycles. The van der Waals surface area contributed by atoms with Crippen LogP contribution in [0.1, 0.15) is 13.3 Å². The number of hydrogen-bond acceptors (Lipinski definition) is 3. The van der Waals surface area contributed by atoms with E-state index in [-0.39, 0.29) is 18.2 Å². The smallest absolute Gasteiger partial charge is 0.267 e. The zero-order valence-corrected chi connectivity index (χ0v) is 14.7. The van der Waals surface area contributed by atoms with Crippen LogP contribution < -0.4 is 15.0 Å². The van der Waals surface area contributed by atoms with E-state index in [0.717, 1.165) is 10.2 Å². The number of anilines is 2. The molecular weight excluding hydrogens is 372 g/mol. The van der Waals surface area contributed by atoms with Crippen molar-refractivity contribution in [2.24, 2.45) is 0 Å². The van der Waals surface area contributed by atoms with Crippen molar-refractivity contribution in [2.75, 3.05) is 16.8 Å². The quantitative estimate of drug-likeness (QED) is 0.870. The van der Waals surface area contributed by atoms with Crippen LogP contribution in [0.15, 0.2) is 53.0 Å². The van der Waals surface area contributed by atoms with E-state index in [9.17, 15) is 9.59 Å². The molecule has 3 rings (SSSR count). The highest BCUT2D eigenvalue weighted by molar-refractivity contribution is 9.10. The molecule has 0 spiro atoms. The Hall–Kier alpha value is -2.34. The molecule has 0 fully saturated rings. The number of ether oxygens (including phenoxy) is 1. The van der Waals surface area contributed by atoms with Crippen LogP contribution in [0.2, 0.25) is 0 Å². The van der Waals surface area contributed by atoms with E-state index in [4.69, 9.17) is 4.74 Å². The number of benzene rings is 2. The monoisotopic (exact) mass is 388 g/mol. The molecule has 1 atom stereocenters. The third-order valence-corrected chi connectivity index (χ3v) is 4.24. The van der Waals surface area contributed by atoms with Crippen LogP contribution in [0, 0.1) is 0 Å². The summed E-state index contributed by atoms with van der Waals surface area (Å²) in [6.45, 7) is 2.02. The summed E-state index contributed by atoms with van der Waals surface area (Å²) in [5.41, 5.74) is 1.42. The largest absolute Gasteiger partial charge is 0.479 e. The molecule has 0 radical (unpaired) electrons.